The number of carbonyl (C=O) groups excluding carboxylic acids is 1. The molecule has 5 heteroatoms. The topological polar surface area (TPSA) is 69.6 Å². The molecule has 0 saturated carbocycles. The molecule has 0 bridgehead atoms. The quantitative estimate of drug-likeness (QED) is 0.824. The van der Waals surface area contributed by atoms with E-state index in [1.54, 1.807) is 0 Å². The molecule has 0 aromatic heterocycles. The third-order valence-corrected chi connectivity index (χ3v) is 3.77. The fraction of sp³-hybridized carbons (Fsp3) is 0.500. The van der Waals surface area contributed by atoms with Crippen molar-refractivity contribution in [1.82, 2.24) is 10.2 Å². The number of rotatable bonds is 6. The minimum Gasteiger partial charge on any atom is -0.480 e. The Labute approximate surface area is 125 Å². The lowest BCUT2D eigenvalue weighted by atomic mass is 9.91. The van der Waals surface area contributed by atoms with E-state index < -0.39 is 5.97 Å². The van der Waals surface area contributed by atoms with Crippen LogP contribution in [0.3, 0.4) is 0 Å². The Morgan fingerprint density at radius 1 is 1.29 bits per heavy atom. The monoisotopic (exact) mass is 290 g/mol. The molecule has 1 aliphatic rings. The zero-order valence-corrected chi connectivity index (χ0v) is 12.1. The largest absolute Gasteiger partial charge is 0.480 e. The van der Waals surface area contributed by atoms with Crippen LogP contribution < -0.4 is 5.32 Å². The highest BCUT2D eigenvalue weighted by Crippen LogP contribution is 2.20. The van der Waals surface area contributed by atoms with Gasteiger partial charge in [0.25, 0.3) is 0 Å². The Bertz CT molecular complexity index is 476. The maximum absolute atomic E-state index is 11.7. The summed E-state index contributed by atoms with van der Waals surface area (Å²) in [5.41, 5.74) is 1.33. The van der Waals surface area contributed by atoms with Crippen molar-refractivity contribution >= 4 is 11.9 Å². The Kier molecular flexibility index (Phi) is 5.75. The van der Waals surface area contributed by atoms with Gasteiger partial charge >= 0.3 is 5.97 Å². The summed E-state index contributed by atoms with van der Waals surface area (Å²) in [4.78, 5) is 24.2. The molecular formula is C16H22N2O3. The molecule has 1 saturated heterocycles. The van der Waals surface area contributed by atoms with Gasteiger partial charge in [-0.15, -0.1) is 0 Å². The van der Waals surface area contributed by atoms with Gasteiger partial charge in [0.2, 0.25) is 5.91 Å². The van der Waals surface area contributed by atoms with Crippen LogP contribution in [0.1, 0.15) is 18.4 Å². The molecule has 1 heterocycles. The second kappa shape index (κ2) is 7.78. The summed E-state index contributed by atoms with van der Waals surface area (Å²) in [5, 5.41) is 11.0. The molecule has 2 N–H and O–H groups in total. The average molecular weight is 290 g/mol. The van der Waals surface area contributed by atoms with Crippen LogP contribution in [0.4, 0.5) is 0 Å². The van der Waals surface area contributed by atoms with Gasteiger partial charge in [0.15, 0.2) is 0 Å². The van der Waals surface area contributed by atoms with Gasteiger partial charge in [-0.25, -0.2) is 0 Å². The number of aliphatic carboxylic acids is 1. The molecule has 21 heavy (non-hydrogen) atoms. The number of amides is 1. The Morgan fingerprint density at radius 2 is 2.05 bits per heavy atom. The van der Waals surface area contributed by atoms with Crippen LogP contribution in [0, 0.1) is 5.92 Å². The first-order valence-corrected chi connectivity index (χ1v) is 7.38. The van der Waals surface area contributed by atoms with Crippen LogP contribution in [0.15, 0.2) is 30.3 Å². The lowest BCUT2D eigenvalue weighted by Crippen LogP contribution is -2.43. The lowest BCUT2D eigenvalue weighted by molar-refractivity contribution is -0.138. The maximum Gasteiger partial charge on any atom is 0.322 e. The van der Waals surface area contributed by atoms with Crippen LogP contribution in [-0.2, 0) is 16.0 Å². The Balaban J connectivity index is 1.78. The van der Waals surface area contributed by atoms with E-state index in [1.807, 2.05) is 6.07 Å². The molecule has 1 atom stereocenters. The SMILES string of the molecule is O=C(O)CNC(=O)CN1CCCC(Cc2ccccc2)C1. The first-order chi connectivity index (χ1) is 10.1. The Hall–Kier alpha value is -1.88. The molecule has 1 fully saturated rings. The van der Waals surface area contributed by atoms with Gasteiger partial charge in [-0.3, -0.25) is 14.5 Å². The van der Waals surface area contributed by atoms with E-state index in [4.69, 9.17) is 5.11 Å². The zero-order chi connectivity index (χ0) is 15.1. The van der Waals surface area contributed by atoms with Gasteiger partial charge in [0.05, 0.1) is 6.54 Å². The van der Waals surface area contributed by atoms with Crippen LogP contribution in [0.25, 0.3) is 0 Å². The van der Waals surface area contributed by atoms with Crippen LogP contribution in [-0.4, -0.2) is 48.1 Å². The highest BCUT2D eigenvalue weighted by molar-refractivity contribution is 5.82. The van der Waals surface area contributed by atoms with Gasteiger partial charge in [-0.2, -0.15) is 0 Å². The molecule has 5 nitrogen and oxygen atoms in total. The number of piperidine rings is 1. The van der Waals surface area contributed by atoms with Crippen molar-refractivity contribution in [2.75, 3.05) is 26.2 Å². The lowest BCUT2D eigenvalue weighted by Gasteiger charge is -2.32. The van der Waals surface area contributed by atoms with Crippen LogP contribution >= 0.6 is 0 Å². The van der Waals surface area contributed by atoms with Crippen LogP contribution in [0.5, 0.6) is 0 Å². The first kappa shape index (κ1) is 15.5. The molecule has 2 rings (SSSR count). The molecule has 114 valence electrons. The molecule has 0 aliphatic carbocycles. The molecule has 1 unspecified atom stereocenters. The van der Waals surface area contributed by atoms with Gasteiger partial charge < -0.3 is 10.4 Å². The smallest absolute Gasteiger partial charge is 0.322 e. The second-order valence-corrected chi connectivity index (χ2v) is 5.60. The first-order valence-electron chi connectivity index (χ1n) is 7.38. The Morgan fingerprint density at radius 3 is 2.76 bits per heavy atom. The number of hydrogen-bond acceptors (Lipinski definition) is 3. The summed E-state index contributed by atoms with van der Waals surface area (Å²) in [7, 11) is 0. The average Bonchev–Trinajstić information content (AvgIpc) is 2.46. The summed E-state index contributed by atoms with van der Waals surface area (Å²) in [6.45, 7) is 1.79. The number of hydrogen-bond donors (Lipinski definition) is 2. The predicted octanol–water partition coefficient (Wildman–Crippen LogP) is 1.14. The van der Waals surface area contributed by atoms with E-state index >= 15 is 0 Å². The predicted molar refractivity (Wildman–Crippen MR) is 80.0 cm³/mol. The maximum atomic E-state index is 11.7. The van der Waals surface area contributed by atoms with Gasteiger partial charge in [-0.1, -0.05) is 30.3 Å². The summed E-state index contributed by atoms with van der Waals surface area (Å²) >= 11 is 0. The summed E-state index contributed by atoms with van der Waals surface area (Å²) in [6.07, 6.45) is 3.31. The van der Waals surface area contributed by atoms with Crippen molar-refractivity contribution in [3.8, 4) is 0 Å². The molecule has 1 amide bonds. The van der Waals surface area contributed by atoms with E-state index in [2.05, 4.69) is 34.5 Å². The van der Waals surface area contributed by atoms with Crippen molar-refractivity contribution < 1.29 is 14.7 Å². The summed E-state index contributed by atoms with van der Waals surface area (Å²) in [5.74, 6) is -0.657. The van der Waals surface area contributed by atoms with E-state index in [0.717, 1.165) is 25.9 Å². The number of nitrogens with zero attached hydrogens (tertiary/aromatic N) is 1. The number of benzene rings is 1. The molecular weight excluding hydrogens is 268 g/mol. The van der Waals surface area contributed by atoms with Crippen molar-refractivity contribution in [3.63, 3.8) is 0 Å². The second-order valence-electron chi connectivity index (χ2n) is 5.60. The van der Waals surface area contributed by atoms with Crippen LogP contribution in [0.2, 0.25) is 0 Å². The third kappa shape index (κ3) is 5.55. The van der Waals surface area contributed by atoms with Gasteiger partial charge in [-0.05, 0) is 37.3 Å². The fourth-order valence-electron chi connectivity index (χ4n) is 2.84. The molecule has 0 radical (unpaired) electrons. The molecule has 1 aliphatic heterocycles. The third-order valence-electron chi connectivity index (χ3n) is 3.77. The summed E-state index contributed by atoms with van der Waals surface area (Å²) < 4.78 is 0. The summed E-state index contributed by atoms with van der Waals surface area (Å²) in [6, 6.07) is 10.4. The number of carboxylic acids is 1. The number of carbonyl (C=O) groups is 2. The highest BCUT2D eigenvalue weighted by atomic mass is 16.4. The van der Waals surface area contributed by atoms with Crippen molar-refractivity contribution in [2.24, 2.45) is 5.92 Å². The normalized spacial score (nSPS) is 19.1. The molecule has 1 aromatic rings. The zero-order valence-electron chi connectivity index (χ0n) is 12.1. The molecule has 1 aromatic carbocycles. The fourth-order valence-corrected chi connectivity index (χ4v) is 2.84. The number of carboxylic acid groups (broad SMARTS) is 1. The number of likely N-dealkylation sites (tertiary alicyclic amines) is 1. The van der Waals surface area contributed by atoms with E-state index in [0.29, 0.717) is 12.5 Å². The molecule has 0 spiro atoms. The van der Waals surface area contributed by atoms with Crippen molar-refractivity contribution in [2.45, 2.75) is 19.3 Å². The highest BCUT2D eigenvalue weighted by Gasteiger charge is 2.21. The van der Waals surface area contributed by atoms with E-state index in [1.165, 1.54) is 12.0 Å². The minimum atomic E-state index is -1.01. The van der Waals surface area contributed by atoms with Crippen molar-refractivity contribution in [1.29, 1.82) is 0 Å². The van der Waals surface area contributed by atoms with E-state index in [9.17, 15) is 9.59 Å². The standard InChI is InChI=1S/C16H22N2O3/c19-15(17-10-16(20)21)12-18-8-4-7-14(11-18)9-13-5-2-1-3-6-13/h1-3,5-6,14H,4,7-12H2,(H,17,19)(H,20,21). The van der Waals surface area contributed by atoms with Crippen molar-refractivity contribution in [3.05, 3.63) is 35.9 Å². The van der Waals surface area contributed by atoms with E-state index in [-0.39, 0.29) is 12.5 Å². The number of nitrogens with one attached hydrogen (secondary N) is 1. The van der Waals surface area contributed by atoms with Gasteiger partial charge in [0, 0.05) is 6.54 Å². The van der Waals surface area contributed by atoms with Gasteiger partial charge in [0.1, 0.15) is 6.54 Å². The minimum absolute atomic E-state index is 0.210.